The summed E-state index contributed by atoms with van der Waals surface area (Å²) in [4.78, 5) is 2.44. The molecule has 0 radical (unpaired) electrons. The molecule has 4 nitrogen and oxygen atoms in total. The van der Waals surface area contributed by atoms with Crippen LogP contribution >= 0.6 is 11.8 Å². The van der Waals surface area contributed by atoms with E-state index >= 15 is 0 Å². The molecule has 106 valence electrons. The number of anilines is 1. The molecule has 1 aromatic carbocycles. The summed E-state index contributed by atoms with van der Waals surface area (Å²) in [7, 11) is -3.19. The molecule has 1 N–H and O–H groups in total. The molecular weight excluding hydrogens is 280 g/mol. The quantitative estimate of drug-likeness (QED) is 0.924. The van der Waals surface area contributed by atoms with Gasteiger partial charge in [-0.1, -0.05) is 19.1 Å². The zero-order valence-corrected chi connectivity index (χ0v) is 12.9. The molecule has 1 atom stereocenters. The maximum atomic E-state index is 11.1. The Labute approximate surface area is 119 Å². The second-order valence-electron chi connectivity index (χ2n) is 4.99. The van der Waals surface area contributed by atoms with Gasteiger partial charge in [0.1, 0.15) is 0 Å². The van der Waals surface area contributed by atoms with E-state index < -0.39 is 10.0 Å². The van der Waals surface area contributed by atoms with Gasteiger partial charge in [-0.15, -0.1) is 0 Å². The molecule has 0 unspecified atom stereocenters. The number of nitrogens with one attached hydrogen (secondary N) is 1. The first-order chi connectivity index (χ1) is 8.92. The highest BCUT2D eigenvalue weighted by atomic mass is 32.2. The Morgan fingerprint density at radius 2 is 2.05 bits per heavy atom. The van der Waals surface area contributed by atoms with Crippen LogP contribution in [-0.4, -0.2) is 43.7 Å². The van der Waals surface area contributed by atoms with Gasteiger partial charge in [0.05, 0.1) is 6.26 Å². The number of benzene rings is 1. The smallest absolute Gasteiger partial charge is 0.229 e. The summed E-state index contributed by atoms with van der Waals surface area (Å²) in [6.07, 6.45) is 1.16. The number of rotatable bonds is 4. The Kier molecular flexibility index (Phi) is 4.76. The summed E-state index contributed by atoms with van der Waals surface area (Å²) in [5.74, 6) is 1.19. The molecule has 1 aliphatic rings. The highest BCUT2D eigenvalue weighted by Crippen LogP contribution is 2.20. The zero-order chi connectivity index (χ0) is 13.9. The first-order valence-electron chi connectivity index (χ1n) is 6.33. The van der Waals surface area contributed by atoms with E-state index in [1.165, 1.54) is 11.3 Å². The Balaban J connectivity index is 1.95. The molecule has 1 aliphatic heterocycles. The molecule has 1 heterocycles. The predicted molar refractivity (Wildman–Crippen MR) is 82.1 cm³/mol. The molecule has 0 bridgehead atoms. The first-order valence-corrected chi connectivity index (χ1v) is 9.27. The average molecular weight is 300 g/mol. The minimum atomic E-state index is -3.19. The van der Waals surface area contributed by atoms with Crippen molar-refractivity contribution in [2.45, 2.75) is 18.7 Å². The van der Waals surface area contributed by atoms with E-state index in [1.54, 1.807) is 0 Å². The van der Waals surface area contributed by atoms with Crippen LogP contribution in [0.1, 0.15) is 12.5 Å². The molecule has 0 saturated carbocycles. The van der Waals surface area contributed by atoms with Gasteiger partial charge in [0.25, 0.3) is 0 Å². The Bertz CT molecular complexity index is 514. The van der Waals surface area contributed by atoms with Gasteiger partial charge in [0.2, 0.25) is 10.0 Å². The molecule has 1 aromatic rings. The molecule has 1 saturated heterocycles. The van der Waals surface area contributed by atoms with Crippen LogP contribution in [0.3, 0.4) is 0 Å². The summed E-state index contributed by atoms with van der Waals surface area (Å²) in [6.45, 7) is 5.44. The Hall–Kier alpha value is -0.720. The van der Waals surface area contributed by atoms with E-state index in [2.05, 4.69) is 16.5 Å². The zero-order valence-electron chi connectivity index (χ0n) is 11.3. The summed E-state index contributed by atoms with van der Waals surface area (Å²) >= 11 is 2.02. The highest BCUT2D eigenvalue weighted by molar-refractivity contribution is 7.99. The summed E-state index contributed by atoms with van der Waals surface area (Å²) < 4.78 is 24.7. The number of hydrogen-bond acceptors (Lipinski definition) is 4. The van der Waals surface area contributed by atoms with Gasteiger partial charge in [-0.2, -0.15) is 11.8 Å². The van der Waals surface area contributed by atoms with Crippen LogP contribution in [0.5, 0.6) is 0 Å². The number of hydrogen-bond donors (Lipinski definition) is 1. The lowest BCUT2D eigenvalue weighted by molar-refractivity contribution is 0.278. The van der Waals surface area contributed by atoms with Crippen LogP contribution < -0.4 is 4.72 Å². The third kappa shape index (κ3) is 5.04. The van der Waals surface area contributed by atoms with Crippen LogP contribution in [0.4, 0.5) is 5.69 Å². The maximum Gasteiger partial charge on any atom is 0.229 e. The summed E-state index contributed by atoms with van der Waals surface area (Å²) in [5, 5.41) is 0.694. The van der Waals surface area contributed by atoms with Crippen molar-refractivity contribution in [1.82, 2.24) is 4.90 Å². The minimum Gasteiger partial charge on any atom is -0.297 e. The van der Waals surface area contributed by atoms with Gasteiger partial charge >= 0.3 is 0 Å². The van der Waals surface area contributed by atoms with Crippen molar-refractivity contribution in [3.05, 3.63) is 29.8 Å². The van der Waals surface area contributed by atoms with Gasteiger partial charge < -0.3 is 0 Å². The van der Waals surface area contributed by atoms with Crippen LogP contribution in [0.25, 0.3) is 0 Å². The van der Waals surface area contributed by atoms with Crippen molar-refractivity contribution in [3.63, 3.8) is 0 Å². The lowest BCUT2D eigenvalue weighted by Crippen LogP contribution is -2.35. The summed E-state index contributed by atoms with van der Waals surface area (Å²) in [5.41, 5.74) is 1.84. The second kappa shape index (κ2) is 6.15. The average Bonchev–Trinajstić information content (AvgIpc) is 2.30. The fourth-order valence-corrected chi connectivity index (χ4v) is 3.83. The van der Waals surface area contributed by atoms with E-state index in [0.29, 0.717) is 10.9 Å². The van der Waals surface area contributed by atoms with Gasteiger partial charge in [-0.05, 0) is 17.7 Å². The fraction of sp³-hybridized carbons (Fsp3) is 0.538. The Morgan fingerprint density at radius 3 is 2.63 bits per heavy atom. The Morgan fingerprint density at radius 1 is 1.37 bits per heavy atom. The van der Waals surface area contributed by atoms with Crippen LogP contribution in [-0.2, 0) is 16.6 Å². The highest BCUT2D eigenvalue weighted by Gasteiger charge is 2.16. The monoisotopic (exact) mass is 300 g/mol. The topological polar surface area (TPSA) is 49.4 Å². The number of thioether (sulfide) groups is 1. The third-order valence-corrected chi connectivity index (χ3v) is 4.73. The van der Waals surface area contributed by atoms with Crippen molar-refractivity contribution in [3.8, 4) is 0 Å². The molecule has 19 heavy (non-hydrogen) atoms. The normalized spacial score (nSPS) is 21.3. The van der Waals surface area contributed by atoms with Crippen molar-refractivity contribution in [1.29, 1.82) is 0 Å². The fourth-order valence-electron chi connectivity index (χ4n) is 2.18. The number of nitrogens with zero attached hydrogens (tertiary/aromatic N) is 1. The molecule has 0 aliphatic carbocycles. The lowest BCUT2D eigenvalue weighted by Gasteiger charge is -2.30. The van der Waals surface area contributed by atoms with E-state index in [-0.39, 0.29) is 0 Å². The molecule has 0 aromatic heterocycles. The first kappa shape index (κ1) is 14.7. The van der Waals surface area contributed by atoms with E-state index in [1.807, 2.05) is 36.0 Å². The number of sulfonamides is 1. The maximum absolute atomic E-state index is 11.1. The van der Waals surface area contributed by atoms with Gasteiger partial charge in [0, 0.05) is 36.3 Å². The van der Waals surface area contributed by atoms with Crippen LogP contribution in [0.15, 0.2) is 24.3 Å². The second-order valence-corrected chi connectivity index (χ2v) is 8.28. The van der Waals surface area contributed by atoms with Crippen molar-refractivity contribution >= 4 is 27.5 Å². The van der Waals surface area contributed by atoms with Crippen molar-refractivity contribution in [2.75, 3.05) is 29.8 Å². The molecular formula is C13H20N2O2S2. The minimum absolute atomic E-state index is 0.619. The molecule has 0 amide bonds. The standard InChI is InChI=1S/C13H20N2O2S2/c1-11-9-15(7-8-18-11)10-12-3-5-13(6-4-12)14-19(2,16)17/h3-6,11,14H,7-10H2,1-2H3/t11-/m0/s1. The predicted octanol–water partition coefficient (Wildman–Crippen LogP) is 2.00. The SMILES string of the molecule is C[C@H]1CN(Cc2ccc(NS(C)(=O)=O)cc2)CCS1. The van der Waals surface area contributed by atoms with E-state index in [4.69, 9.17) is 0 Å². The van der Waals surface area contributed by atoms with Crippen LogP contribution in [0.2, 0.25) is 0 Å². The van der Waals surface area contributed by atoms with E-state index in [0.717, 1.165) is 25.9 Å². The largest absolute Gasteiger partial charge is 0.297 e. The lowest BCUT2D eigenvalue weighted by atomic mass is 10.2. The van der Waals surface area contributed by atoms with Gasteiger partial charge in [-0.25, -0.2) is 8.42 Å². The molecule has 1 fully saturated rings. The van der Waals surface area contributed by atoms with Gasteiger partial charge in [0.15, 0.2) is 0 Å². The van der Waals surface area contributed by atoms with E-state index in [9.17, 15) is 8.42 Å². The summed E-state index contributed by atoms with van der Waals surface area (Å²) in [6, 6.07) is 7.61. The third-order valence-electron chi connectivity index (χ3n) is 2.99. The molecule has 0 spiro atoms. The van der Waals surface area contributed by atoms with Gasteiger partial charge in [-0.3, -0.25) is 9.62 Å². The van der Waals surface area contributed by atoms with Crippen molar-refractivity contribution in [2.24, 2.45) is 0 Å². The molecule has 6 heteroatoms. The van der Waals surface area contributed by atoms with Crippen molar-refractivity contribution < 1.29 is 8.42 Å². The van der Waals surface area contributed by atoms with Crippen LogP contribution in [0, 0.1) is 0 Å². The molecule has 2 rings (SSSR count).